The van der Waals surface area contributed by atoms with Gasteiger partial charge in [0.15, 0.2) is 0 Å². The highest BCUT2D eigenvalue weighted by molar-refractivity contribution is 5.38. The number of rotatable bonds is 4. The average molecular weight is 275 g/mol. The second-order valence-corrected chi connectivity index (χ2v) is 5.36. The molecule has 1 unspecified atom stereocenters. The van der Waals surface area contributed by atoms with Crippen molar-refractivity contribution in [1.82, 2.24) is 4.90 Å². The summed E-state index contributed by atoms with van der Waals surface area (Å²) < 4.78 is 5.67. The molecule has 0 radical (unpaired) electrons. The summed E-state index contributed by atoms with van der Waals surface area (Å²) in [5.74, 6) is 6.26. The van der Waals surface area contributed by atoms with Crippen LogP contribution in [0.25, 0.3) is 0 Å². The molecule has 0 bridgehead atoms. The molecule has 0 aliphatic carbocycles. The molecule has 4 nitrogen and oxygen atoms in total. The zero-order valence-corrected chi connectivity index (χ0v) is 11.8. The maximum atomic E-state index is 9.87. The van der Waals surface area contributed by atoms with Crippen molar-refractivity contribution in [1.29, 1.82) is 0 Å². The smallest absolute Gasteiger partial charge is 0.119 e. The van der Waals surface area contributed by atoms with Gasteiger partial charge >= 0.3 is 0 Å². The molecule has 1 atom stereocenters. The van der Waals surface area contributed by atoms with E-state index in [0.717, 1.165) is 30.8 Å². The maximum absolute atomic E-state index is 9.87. The van der Waals surface area contributed by atoms with Crippen LogP contribution in [0.3, 0.4) is 0 Å². The van der Waals surface area contributed by atoms with Crippen LogP contribution in [0.4, 0.5) is 0 Å². The van der Waals surface area contributed by atoms with Crippen molar-refractivity contribution in [2.24, 2.45) is 0 Å². The van der Waals surface area contributed by atoms with Crippen LogP contribution in [-0.4, -0.2) is 53.6 Å². The van der Waals surface area contributed by atoms with Gasteiger partial charge in [-0.1, -0.05) is 11.8 Å². The molecule has 1 aromatic rings. The van der Waals surface area contributed by atoms with Gasteiger partial charge in [0.25, 0.3) is 0 Å². The third kappa shape index (κ3) is 4.53. The van der Waals surface area contributed by atoms with Gasteiger partial charge in [-0.15, -0.1) is 0 Å². The van der Waals surface area contributed by atoms with E-state index in [2.05, 4.69) is 16.7 Å². The molecule has 108 valence electrons. The third-order valence-corrected chi connectivity index (χ3v) is 3.37. The zero-order chi connectivity index (χ0) is 14.4. The quantitative estimate of drug-likeness (QED) is 0.801. The summed E-state index contributed by atoms with van der Waals surface area (Å²) in [6.07, 6.45) is 0.825. The van der Waals surface area contributed by atoms with Gasteiger partial charge in [-0.05, 0) is 37.6 Å². The lowest BCUT2D eigenvalue weighted by Crippen LogP contribution is -2.32. The summed E-state index contributed by atoms with van der Waals surface area (Å²) >= 11 is 0. The highest BCUT2D eigenvalue weighted by Crippen LogP contribution is 2.19. The highest BCUT2D eigenvalue weighted by Gasteiger charge is 2.30. The minimum absolute atomic E-state index is 0.127. The Morgan fingerprint density at radius 3 is 2.70 bits per heavy atom. The van der Waals surface area contributed by atoms with E-state index in [0.29, 0.717) is 13.2 Å². The summed E-state index contributed by atoms with van der Waals surface area (Å²) in [6.45, 7) is 4.82. The summed E-state index contributed by atoms with van der Waals surface area (Å²) in [7, 11) is 0. The molecule has 0 saturated carbocycles. The molecule has 0 spiro atoms. The number of hydrogen-bond acceptors (Lipinski definition) is 4. The molecule has 20 heavy (non-hydrogen) atoms. The molecule has 2 rings (SSSR count). The van der Waals surface area contributed by atoms with Crippen LogP contribution in [0.5, 0.6) is 5.75 Å². The first-order valence-corrected chi connectivity index (χ1v) is 6.86. The first-order valence-electron chi connectivity index (χ1n) is 6.86. The first-order chi connectivity index (χ1) is 9.59. The standard InChI is InChI=1S/C16H21NO3/c1-16(19)8-9-17(13-16)10-12-20-15-6-4-14(5-7-15)3-2-11-18/h4-7,18-19H,8-13H2,1H3. The Labute approximate surface area is 120 Å². The van der Waals surface area contributed by atoms with Crippen LogP contribution in [0.1, 0.15) is 18.9 Å². The first kappa shape index (κ1) is 14.9. The van der Waals surface area contributed by atoms with Gasteiger partial charge in [-0.2, -0.15) is 0 Å². The van der Waals surface area contributed by atoms with Gasteiger partial charge in [0.1, 0.15) is 19.0 Å². The van der Waals surface area contributed by atoms with Gasteiger partial charge < -0.3 is 14.9 Å². The molecule has 1 aliphatic heterocycles. The predicted molar refractivity (Wildman–Crippen MR) is 77.6 cm³/mol. The van der Waals surface area contributed by atoms with Gasteiger partial charge in [-0.25, -0.2) is 0 Å². The predicted octanol–water partition coefficient (Wildman–Crippen LogP) is 0.866. The van der Waals surface area contributed by atoms with Crippen LogP contribution in [-0.2, 0) is 0 Å². The van der Waals surface area contributed by atoms with Crippen molar-refractivity contribution < 1.29 is 14.9 Å². The SMILES string of the molecule is CC1(O)CCN(CCOc2ccc(C#CCO)cc2)C1. The van der Waals surface area contributed by atoms with Crippen LogP contribution in [0.2, 0.25) is 0 Å². The van der Waals surface area contributed by atoms with Gasteiger partial charge in [0.2, 0.25) is 0 Å². The zero-order valence-electron chi connectivity index (χ0n) is 11.8. The van der Waals surface area contributed by atoms with Crippen molar-refractivity contribution in [3.63, 3.8) is 0 Å². The minimum Gasteiger partial charge on any atom is -0.492 e. The summed E-state index contributed by atoms with van der Waals surface area (Å²) in [4.78, 5) is 2.21. The maximum Gasteiger partial charge on any atom is 0.119 e. The molecule has 1 aromatic carbocycles. The molecule has 1 heterocycles. The lowest BCUT2D eigenvalue weighted by molar-refractivity contribution is 0.0670. The number of hydrogen-bond donors (Lipinski definition) is 2. The summed E-state index contributed by atoms with van der Waals surface area (Å²) in [5, 5.41) is 18.5. The number of ether oxygens (including phenoxy) is 1. The van der Waals surface area contributed by atoms with Crippen molar-refractivity contribution in [2.45, 2.75) is 18.9 Å². The van der Waals surface area contributed by atoms with E-state index in [1.165, 1.54) is 0 Å². The monoisotopic (exact) mass is 275 g/mol. The van der Waals surface area contributed by atoms with Crippen LogP contribution >= 0.6 is 0 Å². The van der Waals surface area contributed by atoms with E-state index in [9.17, 15) is 5.11 Å². The Morgan fingerprint density at radius 2 is 2.10 bits per heavy atom. The Balaban J connectivity index is 1.74. The second kappa shape index (κ2) is 6.76. The molecule has 4 heteroatoms. The van der Waals surface area contributed by atoms with E-state index in [1.807, 2.05) is 31.2 Å². The number of benzene rings is 1. The Morgan fingerprint density at radius 1 is 1.35 bits per heavy atom. The lowest BCUT2D eigenvalue weighted by Gasteiger charge is -2.18. The molecular formula is C16H21NO3. The van der Waals surface area contributed by atoms with Crippen molar-refractivity contribution in [3.05, 3.63) is 29.8 Å². The van der Waals surface area contributed by atoms with E-state index >= 15 is 0 Å². The molecule has 1 aliphatic rings. The van der Waals surface area contributed by atoms with Gasteiger partial charge in [-0.3, -0.25) is 4.90 Å². The molecule has 0 amide bonds. The van der Waals surface area contributed by atoms with Gasteiger partial charge in [0.05, 0.1) is 5.60 Å². The van der Waals surface area contributed by atoms with E-state index in [1.54, 1.807) is 0 Å². The van der Waals surface area contributed by atoms with Crippen molar-refractivity contribution >= 4 is 0 Å². The third-order valence-electron chi connectivity index (χ3n) is 3.37. The average Bonchev–Trinajstić information content (AvgIpc) is 2.77. The van der Waals surface area contributed by atoms with Crippen LogP contribution < -0.4 is 4.74 Å². The Hall–Kier alpha value is -1.54. The number of aliphatic hydroxyl groups excluding tert-OH is 1. The minimum atomic E-state index is -0.549. The van der Waals surface area contributed by atoms with Crippen LogP contribution in [0, 0.1) is 11.8 Å². The second-order valence-electron chi connectivity index (χ2n) is 5.36. The van der Waals surface area contributed by atoms with Crippen LogP contribution in [0.15, 0.2) is 24.3 Å². The van der Waals surface area contributed by atoms with Crippen molar-refractivity contribution in [3.8, 4) is 17.6 Å². The highest BCUT2D eigenvalue weighted by atomic mass is 16.5. The van der Waals surface area contributed by atoms with E-state index < -0.39 is 5.60 Å². The molecule has 1 saturated heterocycles. The fourth-order valence-corrected chi connectivity index (χ4v) is 2.30. The molecule has 1 fully saturated rings. The largest absolute Gasteiger partial charge is 0.492 e. The van der Waals surface area contributed by atoms with E-state index in [-0.39, 0.29) is 6.61 Å². The topological polar surface area (TPSA) is 52.9 Å². The van der Waals surface area contributed by atoms with E-state index in [4.69, 9.17) is 9.84 Å². The number of nitrogens with zero attached hydrogens (tertiary/aromatic N) is 1. The number of aliphatic hydroxyl groups is 2. The number of β-amino-alcohol motifs (C(OH)–C–C–N with tert-alkyl or cyclic N) is 1. The summed E-state index contributed by atoms with van der Waals surface area (Å²) in [6, 6.07) is 7.50. The normalized spacial score (nSPS) is 22.4. The fourth-order valence-electron chi connectivity index (χ4n) is 2.30. The van der Waals surface area contributed by atoms with Gasteiger partial charge in [0, 0.05) is 25.2 Å². The molecular weight excluding hydrogens is 254 g/mol. The fraction of sp³-hybridized carbons (Fsp3) is 0.500. The Kier molecular flexibility index (Phi) is 5.02. The summed E-state index contributed by atoms with van der Waals surface area (Å²) in [5.41, 5.74) is 0.314. The molecule has 0 aromatic heterocycles. The Bertz CT molecular complexity index is 485. The van der Waals surface area contributed by atoms with Crippen molar-refractivity contribution in [2.75, 3.05) is 32.8 Å². The lowest BCUT2D eigenvalue weighted by atomic mass is 10.1. The molecule has 2 N–H and O–H groups in total. The number of likely N-dealkylation sites (tertiary alicyclic amines) is 1.